The molecule has 4 aromatic rings. The first-order valence-electron chi connectivity index (χ1n) is 9.58. The standard InChI is InChI=1S/C23H23N3O3/c1-14(2)11-19-22-25-20(12-15-3-7-17(27)8-4-15)23(29)26(22)13-21(24-19)16-5-9-18(28)10-6-16/h3-10,13-14,27-29H,11-12H2,1-2H3. The van der Waals surface area contributed by atoms with Gasteiger partial charge in [-0.2, -0.15) is 0 Å². The summed E-state index contributed by atoms with van der Waals surface area (Å²) >= 11 is 0. The lowest BCUT2D eigenvalue weighted by Gasteiger charge is -2.10. The number of nitrogens with zero attached hydrogens (tertiary/aromatic N) is 3. The second-order valence-corrected chi connectivity index (χ2v) is 7.64. The van der Waals surface area contributed by atoms with Crippen molar-refractivity contribution in [2.45, 2.75) is 26.7 Å². The molecular weight excluding hydrogens is 366 g/mol. The van der Waals surface area contributed by atoms with Crippen LogP contribution < -0.4 is 0 Å². The molecule has 6 heteroatoms. The summed E-state index contributed by atoms with van der Waals surface area (Å²) in [6, 6.07) is 13.7. The van der Waals surface area contributed by atoms with Gasteiger partial charge in [0.15, 0.2) is 5.65 Å². The Kier molecular flexibility index (Phi) is 4.84. The maximum absolute atomic E-state index is 10.9. The van der Waals surface area contributed by atoms with Crippen molar-refractivity contribution in [3.63, 3.8) is 0 Å². The molecule has 0 unspecified atom stereocenters. The third kappa shape index (κ3) is 3.87. The lowest BCUT2D eigenvalue weighted by Crippen LogP contribution is -2.03. The predicted molar refractivity (Wildman–Crippen MR) is 111 cm³/mol. The number of phenolic OH excluding ortho intramolecular Hbond substituents is 2. The van der Waals surface area contributed by atoms with Gasteiger partial charge in [0.05, 0.1) is 11.4 Å². The molecule has 0 saturated heterocycles. The Balaban J connectivity index is 1.83. The summed E-state index contributed by atoms with van der Waals surface area (Å²) in [4.78, 5) is 9.48. The second-order valence-electron chi connectivity index (χ2n) is 7.64. The molecule has 4 rings (SSSR count). The predicted octanol–water partition coefficient (Wildman–Crippen LogP) is 4.30. The lowest BCUT2D eigenvalue weighted by molar-refractivity contribution is 0.442. The number of imidazole rings is 1. The normalized spacial score (nSPS) is 11.4. The maximum atomic E-state index is 10.9. The van der Waals surface area contributed by atoms with Crippen LogP contribution in [0.3, 0.4) is 0 Å². The summed E-state index contributed by atoms with van der Waals surface area (Å²) in [5.41, 5.74) is 4.52. The number of phenols is 2. The van der Waals surface area contributed by atoms with Crippen molar-refractivity contribution in [3.05, 3.63) is 71.7 Å². The van der Waals surface area contributed by atoms with Crippen molar-refractivity contribution in [2.75, 3.05) is 0 Å². The highest BCUT2D eigenvalue weighted by Gasteiger charge is 2.18. The Hall–Kier alpha value is -3.54. The summed E-state index contributed by atoms with van der Waals surface area (Å²) in [6.07, 6.45) is 2.95. The van der Waals surface area contributed by atoms with Crippen LogP contribution in [0.5, 0.6) is 17.4 Å². The van der Waals surface area contributed by atoms with Crippen LogP contribution in [-0.2, 0) is 12.8 Å². The van der Waals surface area contributed by atoms with Crippen molar-refractivity contribution < 1.29 is 15.3 Å². The minimum Gasteiger partial charge on any atom is -0.508 e. The molecule has 6 nitrogen and oxygen atoms in total. The Morgan fingerprint density at radius 1 is 0.828 bits per heavy atom. The number of hydrogen-bond acceptors (Lipinski definition) is 5. The smallest absolute Gasteiger partial charge is 0.219 e. The van der Waals surface area contributed by atoms with Crippen LogP contribution in [0.2, 0.25) is 0 Å². The molecule has 0 atom stereocenters. The summed E-state index contributed by atoms with van der Waals surface area (Å²) in [5.74, 6) is 0.857. The number of aromatic nitrogens is 3. The quantitative estimate of drug-likeness (QED) is 0.473. The Morgan fingerprint density at radius 2 is 1.45 bits per heavy atom. The van der Waals surface area contributed by atoms with Gasteiger partial charge in [-0.1, -0.05) is 26.0 Å². The molecule has 0 aliphatic rings. The lowest BCUT2D eigenvalue weighted by atomic mass is 10.1. The summed E-state index contributed by atoms with van der Waals surface area (Å²) in [6.45, 7) is 4.23. The molecule has 29 heavy (non-hydrogen) atoms. The van der Waals surface area contributed by atoms with E-state index < -0.39 is 0 Å². The van der Waals surface area contributed by atoms with Gasteiger partial charge in [-0.25, -0.2) is 9.97 Å². The van der Waals surface area contributed by atoms with Crippen molar-refractivity contribution in [1.82, 2.24) is 14.4 Å². The van der Waals surface area contributed by atoms with E-state index in [1.54, 1.807) is 47.0 Å². The molecule has 3 N–H and O–H groups in total. The van der Waals surface area contributed by atoms with Crippen LogP contribution in [-0.4, -0.2) is 29.7 Å². The molecule has 0 amide bonds. The third-order valence-electron chi connectivity index (χ3n) is 4.79. The number of benzene rings is 2. The van der Waals surface area contributed by atoms with Crippen LogP contribution >= 0.6 is 0 Å². The fraction of sp³-hybridized carbons (Fsp3) is 0.217. The van der Waals surface area contributed by atoms with Crippen LogP contribution in [0, 0.1) is 5.92 Å². The van der Waals surface area contributed by atoms with Gasteiger partial charge in [0.1, 0.15) is 17.2 Å². The molecule has 148 valence electrons. The first-order valence-corrected chi connectivity index (χ1v) is 9.58. The first kappa shape index (κ1) is 18.8. The highest BCUT2D eigenvalue weighted by atomic mass is 16.3. The highest BCUT2D eigenvalue weighted by molar-refractivity contribution is 5.63. The fourth-order valence-electron chi connectivity index (χ4n) is 3.36. The molecule has 2 heterocycles. The van der Waals surface area contributed by atoms with E-state index in [9.17, 15) is 15.3 Å². The van der Waals surface area contributed by atoms with Gasteiger partial charge in [0.2, 0.25) is 5.88 Å². The minimum absolute atomic E-state index is 0.0838. The zero-order chi connectivity index (χ0) is 20.5. The molecule has 0 aliphatic heterocycles. The van der Waals surface area contributed by atoms with Gasteiger partial charge in [0, 0.05) is 18.2 Å². The van der Waals surface area contributed by atoms with Gasteiger partial charge in [-0.15, -0.1) is 0 Å². The van der Waals surface area contributed by atoms with Crippen LogP contribution in [0.15, 0.2) is 54.7 Å². The first-order chi connectivity index (χ1) is 13.9. The maximum Gasteiger partial charge on any atom is 0.219 e. The molecule has 0 spiro atoms. The molecule has 0 radical (unpaired) electrons. The summed E-state index contributed by atoms with van der Waals surface area (Å²) in [5, 5.41) is 29.9. The summed E-state index contributed by atoms with van der Waals surface area (Å²) in [7, 11) is 0. The largest absolute Gasteiger partial charge is 0.508 e. The Labute approximate surface area is 168 Å². The molecule has 0 saturated carbocycles. The summed E-state index contributed by atoms with van der Waals surface area (Å²) < 4.78 is 1.68. The average Bonchev–Trinajstić information content (AvgIpc) is 3.00. The fourth-order valence-corrected chi connectivity index (χ4v) is 3.36. The second kappa shape index (κ2) is 7.47. The van der Waals surface area contributed by atoms with Crippen LogP contribution in [0.25, 0.3) is 16.9 Å². The molecular formula is C23H23N3O3. The van der Waals surface area contributed by atoms with E-state index in [1.165, 1.54) is 0 Å². The van der Waals surface area contributed by atoms with Gasteiger partial charge >= 0.3 is 0 Å². The average molecular weight is 389 g/mol. The molecule has 0 aliphatic carbocycles. The zero-order valence-corrected chi connectivity index (χ0v) is 16.4. The Morgan fingerprint density at radius 3 is 2.07 bits per heavy atom. The monoisotopic (exact) mass is 389 g/mol. The van der Waals surface area contributed by atoms with Crippen molar-refractivity contribution >= 4 is 5.65 Å². The van der Waals surface area contributed by atoms with Crippen molar-refractivity contribution in [3.8, 4) is 28.6 Å². The van der Waals surface area contributed by atoms with Gasteiger partial charge in [0.25, 0.3) is 0 Å². The van der Waals surface area contributed by atoms with E-state index in [4.69, 9.17) is 4.98 Å². The highest BCUT2D eigenvalue weighted by Crippen LogP contribution is 2.29. The third-order valence-corrected chi connectivity index (χ3v) is 4.79. The SMILES string of the molecule is CC(C)Cc1nc(-c2ccc(O)cc2)cn2c(O)c(Cc3ccc(O)cc3)nc12. The number of hydrogen-bond donors (Lipinski definition) is 3. The Bertz CT molecular complexity index is 1150. The topological polar surface area (TPSA) is 90.9 Å². The number of aromatic hydroxyl groups is 3. The van der Waals surface area contributed by atoms with E-state index in [0.717, 1.165) is 23.2 Å². The van der Waals surface area contributed by atoms with Crippen molar-refractivity contribution in [1.29, 1.82) is 0 Å². The molecule has 0 bridgehead atoms. The van der Waals surface area contributed by atoms with E-state index in [2.05, 4.69) is 18.8 Å². The van der Waals surface area contributed by atoms with Gasteiger partial charge in [-0.3, -0.25) is 4.40 Å². The molecule has 2 aromatic carbocycles. The van der Waals surface area contributed by atoms with E-state index >= 15 is 0 Å². The molecule has 0 fully saturated rings. The van der Waals surface area contributed by atoms with E-state index in [-0.39, 0.29) is 17.4 Å². The molecule has 2 aromatic heterocycles. The van der Waals surface area contributed by atoms with E-state index in [1.807, 2.05) is 12.1 Å². The van der Waals surface area contributed by atoms with Crippen LogP contribution in [0.4, 0.5) is 0 Å². The number of rotatable bonds is 5. The van der Waals surface area contributed by atoms with Crippen LogP contribution in [0.1, 0.15) is 30.8 Å². The van der Waals surface area contributed by atoms with Gasteiger partial charge < -0.3 is 15.3 Å². The minimum atomic E-state index is 0.0838. The number of fused-ring (bicyclic) bond motifs is 1. The van der Waals surface area contributed by atoms with Gasteiger partial charge in [-0.05, 0) is 54.3 Å². The van der Waals surface area contributed by atoms with E-state index in [0.29, 0.717) is 29.4 Å². The zero-order valence-electron chi connectivity index (χ0n) is 16.4. The van der Waals surface area contributed by atoms with Crippen molar-refractivity contribution in [2.24, 2.45) is 5.92 Å².